The number of primary amides is 1. The van der Waals surface area contributed by atoms with Crippen molar-refractivity contribution in [2.24, 2.45) is 5.73 Å². The minimum absolute atomic E-state index is 0.0170. The number of carbonyl (C=O) groups is 1. The molecule has 1 aromatic carbocycles. The highest BCUT2D eigenvalue weighted by Crippen LogP contribution is 2.24. The number of nitrogens with one attached hydrogen (secondary N) is 1. The highest BCUT2D eigenvalue weighted by atomic mass is 32.2. The monoisotopic (exact) mass is 316 g/mol. The van der Waals surface area contributed by atoms with Crippen LogP contribution in [-0.2, 0) is 4.79 Å². The molecule has 1 amide bonds. The number of nitrogens with two attached hydrogens (primary N) is 1. The van der Waals surface area contributed by atoms with Gasteiger partial charge in [-0.05, 0) is 24.3 Å². The minimum atomic E-state index is -0.560. The van der Waals surface area contributed by atoms with E-state index in [4.69, 9.17) is 15.7 Å². The fraction of sp³-hybridized carbons (Fsp3) is 0.143. The Morgan fingerprint density at radius 1 is 1.45 bits per heavy atom. The number of benzene rings is 1. The van der Waals surface area contributed by atoms with Crippen molar-refractivity contribution in [3.05, 3.63) is 40.2 Å². The second kappa shape index (κ2) is 6.78. The van der Waals surface area contributed by atoms with Gasteiger partial charge in [-0.15, -0.1) is 0 Å². The number of H-pyrrole nitrogens is 1. The Labute approximate surface area is 130 Å². The summed E-state index contributed by atoms with van der Waals surface area (Å²) in [6.45, 7) is 0. The van der Waals surface area contributed by atoms with Crippen LogP contribution in [0.15, 0.2) is 34.2 Å². The van der Waals surface area contributed by atoms with Crippen molar-refractivity contribution in [1.82, 2.24) is 9.97 Å². The number of thioether (sulfide) groups is 1. The molecule has 0 bridgehead atoms. The van der Waals surface area contributed by atoms with Crippen LogP contribution in [0.4, 0.5) is 0 Å². The molecule has 0 unspecified atom stereocenters. The lowest BCUT2D eigenvalue weighted by atomic mass is 10.1. The first kappa shape index (κ1) is 15.6. The zero-order valence-corrected chi connectivity index (χ0v) is 12.4. The fourth-order valence-electron chi connectivity index (χ4n) is 1.72. The predicted octanol–water partition coefficient (Wildman–Crippen LogP) is 0.895. The number of nitriles is 1. The topological polar surface area (TPSA) is 122 Å². The van der Waals surface area contributed by atoms with E-state index >= 15 is 0 Å². The molecule has 0 aliphatic carbocycles. The zero-order chi connectivity index (χ0) is 16.1. The SMILES string of the molecule is COc1ccc(-c2nc(SCC(N)=O)[nH]c(=O)c2C#N)cc1. The van der Waals surface area contributed by atoms with Crippen molar-refractivity contribution in [2.75, 3.05) is 12.9 Å². The Balaban J connectivity index is 2.49. The molecule has 2 aromatic rings. The summed E-state index contributed by atoms with van der Waals surface area (Å²) in [5.74, 6) is 0.107. The van der Waals surface area contributed by atoms with Crippen molar-refractivity contribution in [1.29, 1.82) is 5.26 Å². The maximum absolute atomic E-state index is 12.0. The quantitative estimate of drug-likeness (QED) is 0.624. The Hall–Kier alpha value is -2.79. The van der Waals surface area contributed by atoms with Crippen LogP contribution in [0.3, 0.4) is 0 Å². The molecule has 0 saturated carbocycles. The summed E-state index contributed by atoms with van der Waals surface area (Å²) in [6, 6.07) is 8.65. The van der Waals surface area contributed by atoms with Gasteiger partial charge in [0.2, 0.25) is 5.91 Å². The van der Waals surface area contributed by atoms with Crippen LogP contribution in [0.2, 0.25) is 0 Å². The van der Waals surface area contributed by atoms with Gasteiger partial charge in [-0.3, -0.25) is 9.59 Å². The predicted molar refractivity (Wildman–Crippen MR) is 81.5 cm³/mol. The number of hydrogen-bond acceptors (Lipinski definition) is 6. The summed E-state index contributed by atoms with van der Waals surface area (Å²) in [6.07, 6.45) is 0. The van der Waals surface area contributed by atoms with E-state index in [1.807, 2.05) is 6.07 Å². The van der Waals surface area contributed by atoms with Gasteiger partial charge in [0, 0.05) is 5.56 Å². The molecule has 1 heterocycles. The molecule has 0 atom stereocenters. The molecular weight excluding hydrogens is 304 g/mol. The van der Waals surface area contributed by atoms with Crippen LogP contribution in [0, 0.1) is 11.3 Å². The van der Waals surface area contributed by atoms with Crippen LogP contribution >= 0.6 is 11.8 Å². The highest BCUT2D eigenvalue weighted by Gasteiger charge is 2.14. The first-order valence-corrected chi connectivity index (χ1v) is 7.13. The van der Waals surface area contributed by atoms with Crippen LogP contribution < -0.4 is 16.0 Å². The first-order chi connectivity index (χ1) is 10.5. The molecule has 0 aliphatic rings. The van der Waals surface area contributed by atoms with E-state index in [1.165, 1.54) is 0 Å². The van der Waals surface area contributed by atoms with Gasteiger partial charge in [0.1, 0.15) is 17.4 Å². The lowest BCUT2D eigenvalue weighted by Crippen LogP contribution is -2.17. The van der Waals surface area contributed by atoms with Gasteiger partial charge >= 0.3 is 0 Å². The van der Waals surface area contributed by atoms with Crippen molar-refractivity contribution >= 4 is 17.7 Å². The van der Waals surface area contributed by atoms with Crippen molar-refractivity contribution < 1.29 is 9.53 Å². The summed E-state index contributed by atoms with van der Waals surface area (Å²) in [7, 11) is 1.54. The first-order valence-electron chi connectivity index (χ1n) is 6.15. The van der Waals surface area contributed by atoms with Gasteiger partial charge in [-0.2, -0.15) is 5.26 Å². The Kier molecular flexibility index (Phi) is 4.80. The van der Waals surface area contributed by atoms with Gasteiger partial charge in [-0.25, -0.2) is 4.98 Å². The number of methoxy groups -OCH3 is 1. The molecule has 2 rings (SSSR count). The highest BCUT2D eigenvalue weighted by molar-refractivity contribution is 7.99. The van der Waals surface area contributed by atoms with E-state index in [0.717, 1.165) is 11.8 Å². The molecule has 0 saturated heterocycles. The Bertz CT molecular complexity index is 793. The van der Waals surface area contributed by atoms with Crippen molar-refractivity contribution in [3.8, 4) is 23.1 Å². The molecule has 3 N–H and O–H groups in total. The van der Waals surface area contributed by atoms with E-state index in [9.17, 15) is 9.59 Å². The van der Waals surface area contributed by atoms with E-state index < -0.39 is 11.5 Å². The number of hydrogen-bond donors (Lipinski definition) is 2. The van der Waals surface area contributed by atoms with Crippen molar-refractivity contribution in [3.63, 3.8) is 0 Å². The number of amides is 1. The molecule has 0 radical (unpaired) electrons. The summed E-state index contributed by atoms with van der Waals surface area (Å²) in [4.78, 5) is 29.5. The van der Waals surface area contributed by atoms with Gasteiger partial charge in [0.25, 0.3) is 5.56 Å². The lowest BCUT2D eigenvalue weighted by Gasteiger charge is -2.06. The second-order valence-corrected chi connectivity index (χ2v) is 5.15. The standard InChI is InChI=1S/C14H12N4O3S/c1-21-9-4-2-8(3-5-9)12-10(6-15)13(20)18-14(17-12)22-7-11(16)19/h2-5H,7H2,1H3,(H2,16,19)(H,17,18,20). The lowest BCUT2D eigenvalue weighted by molar-refractivity contribution is -0.115. The van der Waals surface area contributed by atoms with Gasteiger partial charge < -0.3 is 15.5 Å². The molecule has 1 aromatic heterocycles. The summed E-state index contributed by atoms with van der Waals surface area (Å²) in [5.41, 5.74) is 5.27. The molecule has 0 spiro atoms. The van der Waals surface area contributed by atoms with Crippen molar-refractivity contribution in [2.45, 2.75) is 5.16 Å². The largest absolute Gasteiger partial charge is 0.497 e. The van der Waals surface area contributed by atoms with Crippen LogP contribution in [0.5, 0.6) is 5.75 Å². The third kappa shape index (κ3) is 3.45. The van der Waals surface area contributed by atoms with E-state index in [1.54, 1.807) is 31.4 Å². The van der Waals surface area contributed by atoms with Gasteiger partial charge in [0.15, 0.2) is 5.16 Å². The third-order valence-corrected chi connectivity index (χ3v) is 3.62. The number of rotatable bonds is 5. The third-order valence-electron chi connectivity index (χ3n) is 2.72. The fourth-order valence-corrected chi connectivity index (χ4v) is 2.32. The molecular formula is C14H12N4O3S. The second-order valence-electron chi connectivity index (χ2n) is 4.19. The average Bonchev–Trinajstić information content (AvgIpc) is 2.52. The smallest absolute Gasteiger partial charge is 0.270 e. The Morgan fingerprint density at radius 3 is 2.68 bits per heavy atom. The normalized spacial score (nSPS) is 10.0. The number of ether oxygens (including phenoxy) is 1. The zero-order valence-electron chi connectivity index (χ0n) is 11.6. The van der Waals surface area contributed by atoms with E-state index in [2.05, 4.69) is 9.97 Å². The number of carbonyl (C=O) groups excluding carboxylic acids is 1. The summed E-state index contributed by atoms with van der Waals surface area (Å²) in [5, 5.41) is 9.38. The number of nitrogens with zero attached hydrogens (tertiary/aromatic N) is 2. The molecule has 0 fully saturated rings. The average molecular weight is 316 g/mol. The van der Waals surface area contributed by atoms with Gasteiger partial charge in [-0.1, -0.05) is 11.8 Å². The maximum atomic E-state index is 12.0. The summed E-state index contributed by atoms with van der Waals surface area (Å²) < 4.78 is 5.07. The molecule has 112 valence electrons. The molecule has 0 aliphatic heterocycles. The van der Waals surface area contributed by atoms with E-state index in [-0.39, 0.29) is 22.2 Å². The maximum Gasteiger partial charge on any atom is 0.270 e. The molecule has 8 heteroatoms. The summed E-state index contributed by atoms with van der Waals surface area (Å²) >= 11 is 1.00. The van der Waals surface area contributed by atoms with E-state index in [0.29, 0.717) is 11.3 Å². The molecule has 22 heavy (non-hydrogen) atoms. The van der Waals surface area contributed by atoms with Crippen LogP contribution in [-0.4, -0.2) is 28.7 Å². The number of aromatic amines is 1. The molecule has 7 nitrogen and oxygen atoms in total. The number of aromatic nitrogens is 2. The van der Waals surface area contributed by atoms with Gasteiger partial charge in [0.05, 0.1) is 18.6 Å². The van der Waals surface area contributed by atoms with Crippen LogP contribution in [0.1, 0.15) is 5.56 Å². The Morgan fingerprint density at radius 2 is 2.14 bits per heavy atom. The van der Waals surface area contributed by atoms with Crippen LogP contribution in [0.25, 0.3) is 11.3 Å². The minimum Gasteiger partial charge on any atom is -0.497 e.